The Kier molecular flexibility index (Phi) is 4.13. The smallest absolute Gasteiger partial charge is 0.339 e. The number of benzene rings is 3. The molecular formula is C25H22N2O2. The molecule has 0 saturated carbocycles. The number of hydrogen-bond donors (Lipinski definition) is 0. The Morgan fingerprint density at radius 2 is 1.59 bits per heavy atom. The lowest BCUT2D eigenvalue weighted by molar-refractivity contribution is -0.137. The van der Waals surface area contributed by atoms with Gasteiger partial charge in [0.1, 0.15) is 0 Å². The summed E-state index contributed by atoms with van der Waals surface area (Å²) in [5, 5.41) is 1.09. The molecule has 3 aromatic carbocycles. The van der Waals surface area contributed by atoms with E-state index in [1.165, 1.54) is 0 Å². The lowest BCUT2D eigenvalue weighted by atomic mass is 9.98. The maximum Gasteiger partial charge on any atom is 0.339 e. The lowest BCUT2D eigenvalue weighted by Gasteiger charge is -2.37. The standard InChI is InChI=1S/C25H22N2O2/c1-17-23(19-12-6-7-13-20(19)26(17)2)24-25(28)29-22-15-9-8-14-21(22)27(24)16-18-10-4-3-5-11-18/h3-15,24H,16H2,1-2H3. The van der Waals surface area contributed by atoms with Crippen molar-refractivity contribution in [2.24, 2.45) is 7.05 Å². The zero-order chi connectivity index (χ0) is 20.0. The third kappa shape index (κ3) is 2.80. The first-order valence-corrected chi connectivity index (χ1v) is 9.80. The lowest BCUT2D eigenvalue weighted by Crippen LogP contribution is -2.40. The molecule has 144 valence electrons. The number of carbonyl (C=O) groups is 1. The van der Waals surface area contributed by atoms with Crippen LogP contribution in [0.15, 0.2) is 78.9 Å². The van der Waals surface area contributed by atoms with Crippen LogP contribution in [0.25, 0.3) is 10.9 Å². The molecule has 4 heteroatoms. The predicted octanol–water partition coefficient (Wildman–Crippen LogP) is 5.15. The number of esters is 1. The molecule has 1 atom stereocenters. The minimum Gasteiger partial charge on any atom is -0.423 e. The minimum atomic E-state index is -0.504. The minimum absolute atomic E-state index is 0.237. The van der Waals surface area contributed by atoms with E-state index in [0.717, 1.165) is 33.4 Å². The summed E-state index contributed by atoms with van der Waals surface area (Å²) in [6.45, 7) is 2.70. The molecule has 0 radical (unpaired) electrons. The molecule has 1 aliphatic heterocycles. The van der Waals surface area contributed by atoms with Crippen molar-refractivity contribution in [1.82, 2.24) is 4.57 Å². The summed E-state index contributed by atoms with van der Waals surface area (Å²) >= 11 is 0. The molecule has 5 rings (SSSR count). The van der Waals surface area contributed by atoms with Crippen LogP contribution in [0.2, 0.25) is 0 Å². The normalized spacial score (nSPS) is 16.0. The second-order valence-corrected chi connectivity index (χ2v) is 7.48. The summed E-state index contributed by atoms with van der Waals surface area (Å²) in [5.74, 6) is 0.377. The highest BCUT2D eigenvalue weighted by molar-refractivity contribution is 5.96. The number of rotatable bonds is 3. The number of nitrogens with zero attached hydrogens (tertiary/aromatic N) is 2. The summed E-state index contributed by atoms with van der Waals surface area (Å²) in [4.78, 5) is 15.5. The Labute approximate surface area is 170 Å². The van der Waals surface area contributed by atoms with Gasteiger partial charge in [-0.1, -0.05) is 60.7 Å². The second kappa shape index (κ2) is 6.82. The Morgan fingerprint density at radius 3 is 2.41 bits per heavy atom. The van der Waals surface area contributed by atoms with E-state index in [0.29, 0.717) is 12.3 Å². The van der Waals surface area contributed by atoms with Gasteiger partial charge in [-0.3, -0.25) is 0 Å². The SMILES string of the molecule is Cc1c(C2C(=O)Oc3ccccc3N2Cc2ccccc2)c2ccccc2n1C. The van der Waals surface area contributed by atoms with E-state index in [9.17, 15) is 4.79 Å². The van der Waals surface area contributed by atoms with Crippen LogP contribution in [-0.2, 0) is 18.4 Å². The summed E-state index contributed by atoms with van der Waals surface area (Å²) in [7, 11) is 2.05. The number of ether oxygens (including phenoxy) is 1. The van der Waals surface area contributed by atoms with Crippen LogP contribution in [0.4, 0.5) is 5.69 Å². The summed E-state index contributed by atoms with van der Waals surface area (Å²) in [6.07, 6.45) is 0. The van der Waals surface area contributed by atoms with Crippen molar-refractivity contribution in [2.75, 3.05) is 4.90 Å². The van der Waals surface area contributed by atoms with Gasteiger partial charge in [0.2, 0.25) is 0 Å². The average Bonchev–Trinajstić information content (AvgIpc) is 3.00. The van der Waals surface area contributed by atoms with Crippen LogP contribution in [-0.4, -0.2) is 10.5 Å². The highest BCUT2D eigenvalue weighted by Crippen LogP contribution is 2.44. The zero-order valence-electron chi connectivity index (χ0n) is 16.5. The van der Waals surface area contributed by atoms with E-state index in [1.807, 2.05) is 61.6 Å². The van der Waals surface area contributed by atoms with Crippen LogP contribution in [0.5, 0.6) is 5.75 Å². The predicted molar refractivity (Wildman–Crippen MR) is 115 cm³/mol. The number of carbonyl (C=O) groups excluding carboxylic acids is 1. The van der Waals surface area contributed by atoms with Crippen molar-refractivity contribution in [3.05, 3.63) is 95.7 Å². The summed E-state index contributed by atoms with van der Waals surface area (Å²) < 4.78 is 7.94. The molecule has 1 aliphatic rings. The first-order chi connectivity index (χ1) is 14.1. The number of aromatic nitrogens is 1. The van der Waals surface area contributed by atoms with Gasteiger partial charge in [-0.2, -0.15) is 0 Å². The summed E-state index contributed by atoms with van der Waals surface area (Å²) in [6, 6.07) is 25.8. The van der Waals surface area contributed by atoms with E-state index >= 15 is 0 Å². The maximum absolute atomic E-state index is 13.3. The van der Waals surface area contributed by atoms with Gasteiger partial charge in [-0.25, -0.2) is 4.79 Å². The number of aryl methyl sites for hydroxylation is 1. The van der Waals surface area contributed by atoms with Gasteiger partial charge in [0.25, 0.3) is 0 Å². The van der Waals surface area contributed by atoms with E-state index in [-0.39, 0.29) is 5.97 Å². The van der Waals surface area contributed by atoms with E-state index in [2.05, 4.69) is 40.7 Å². The zero-order valence-corrected chi connectivity index (χ0v) is 16.5. The maximum atomic E-state index is 13.3. The molecule has 0 N–H and O–H groups in total. The molecule has 0 spiro atoms. The van der Waals surface area contributed by atoms with Crippen molar-refractivity contribution >= 4 is 22.6 Å². The van der Waals surface area contributed by atoms with Crippen LogP contribution < -0.4 is 9.64 Å². The molecule has 0 bridgehead atoms. The monoisotopic (exact) mass is 382 g/mol. The molecule has 0 aliphatic carbocycles. The van der Waals surface area contributed by atoms with Crippen LogP contribution >= 0.6 is 0 Å². The van der Waals surface area contributed by atoms with E-state index in [1.54, 1.807) is 0 Å². The third-order valence-corrected chi connectivity index (χ3v) is 5.84. The summed E-state index contributed by atoms with van der Waals surface area (Å²) in [5.41, 5.74) is 5.30. The largest absolute Gasteiger partial charge is 0.423 e. The van der Waals surface area contributed by atoms with Gasteiger partial charge >= 0.3 is 5.97 Å². The van der Waals surface area contributed by atoms with Crippen LogP contribution in [0.3, 0.4) is 0 Å². The highest BCUT2D eigenvalue weighted by atomic mass is 16.5. The quantitative estimate of drug-likeness (QED) is 0.363. The molecule has 29 heavy (non-hydrogen) atoms. The third-order valence-electron chi connectivity index (χ3n) is 5.84. The van der Waals surface area contributed by atoms with Crippen molar-refractivity contribution in [3.63, 3.8) is 0 Å². The number of fused-ring (bicyclic) bond motifs is 2. The van der Waals surface area contributed by atoms with Crippen LogP contribution in [0.1, 0.15) is 22.9 Å². The van der Waals surface area contributed by atoms with Gasteiger partial charge in [0.05, 0.1) is 5.69 Å². The fraction of sp³-hybridized carbons (Fsp3) is 0.160. The first-order valence-electron chi connectivity index (χ1n) is 9.80. The van der Waals surface area contributed by atoms with E-state index in [4.69, 9.17) is 4.74 Å². The molecule has 4 nitrogen and oxygen atoms in total. The van der Waals surface area contributed by atoms with Gasteiger partial charge in [0, 0.05) is 35.8 Å². The molecule has 1 unspecified atom stereocenters. The van der Waals surface area contributed by atoms with Gasteiger partial charge in [-0.05, 0) is 30.7 Å². The Hall–Kier alpha value is -3.53. The highest BCUT2D eigenvalue weighted by Gasteiger charge is 2.39. The molecule has 1 aromatic heterocycles. The molecule has 4 aromatic rings. The topological polar surface area (TPSA) is 34.5 Å². The Bertz CT molecular complexity index is 1210. The Balaban J connectivity index is 1.72. The fourth-order valence-electron chi connectivity index (χ4n) is 4.34. The van der Waals surface area contributed by atoms with Crippen molar-refractivity contribution in [3.8, 4) is 5.75 Å². The van der Waals surface area contributed by atoms with E-state index < -0.39 is 6.04 Å². The van der Waals surface area contributed by atoms with Crippen molar-refractivity contribution < 1.29 is 9.53 Å². The van der Waals surface area contributed by atoms with Crippen molar-refractivity contribution in [1.29, 1.82) is 0 Å². The molecule has 0 fully saturated rings. The van der Waals surface area contributed by atoms with Gasteiger partial charge in [0.15, 0.2) is 11.8 Å². The van der Waals surface area contributed by atoms with Gasteiger partial charge < -0.3 is 14.2 Å². The molecule has 0 saturated heterocycles. The molecule has 0 amide bonds. The average molecular weight is 382 g/mol. The van der Waals surface area contributed by atoms with Gasteiger partial charge in [-0.15, -0.1) is 0 Å². The fourth-order valence-corrected chi connectivity index (χ4v) is 4.34. The molecule has 2 heterocycles. The van der Waals surface area contributed by atoms with Crippen LogP contribution in [0, 0.1) is 6.92 Å². The number of anilines is 1. The molecular weight excluding hydrogens is 360 g/mol. The second-order valence-electron chi connectivity index (χ2n) is 7.48. The number of hydrogen-bond acceptors (Lipinski definition) is 3. The Morgan fingerprint density at radius 1 is 0.897 bits per heavy atom. The first kappa shape index (κ1) is 17.6. The number of para-hydroxylation sites is 3. The van der Waals surface area contributed by atoms with Crippen molar-refractivity contribution in [2.45, 2.75) is 19.5 Å².